The van der Waals surface area contributed by atoms with Crippen LogP contribution in [0.4, 0.5) is 0 Å². The van der Waals surface area contributed by atoms with Gasteiger partial charge in [-0.25, -0.2) is 0 Å². The predicted molar refractivity (Wildman–Crippen MR) is 64.2 cm³/mol. The summed E-state index contributed by atoms with van der Waals surface area (Å²) in [5.41, 5.74) is 0. The van der Waals surface area contributed by atoms with Gasteiger partial charge < -0.3 is 15.5 Å². The zero-order valence-corrected chi connectivity index (χ0v) is 10.2. The highest BCUT2D eigenvalue weighted by Crippen LogP contribution is 2.10. The molecule has 1 amide bonds. The maximum Gasteiger partial charge on any atom is 0.225 e. The predicted octanol–water partition coefficient (Wildman–Crippen LogP) is 0.0539. The number of carbonyl (C=O) groups is 1. The van der Waals surface area contributed by atoms with Crippen molar-refractivity contribution in [1.29, 1.82) is 0 Å². The molecule has 4 heteroatoms. The van der Waals surface area contributed by atoms with Gasteiger partial charge in [-0.1, -0.05) is 6.92 Å². The number of nitrogens with one attached hydrogen (secondary N) is 2. The molecule has 2 aliphatic rings. The van der Waals surface area contributed by atoms with Gasteiger partial charge in [0.2, 0.25) is 5.91 Å². The lowest BCUT2D eigenvalue weighted by Gasteiger charge is -2.27. The van der Waals surface area contributed by atoms with Crippen LogP contribution in [0.1, 0.15) is 19.8 Å². The van der Waals surface area contributed by atoms with Crippen LogP contribution in [-0.4, -0.2) is 50.1 Å². The van der Waals surface area contributed by atoms with E-state index in [2.05, 4.69) is 22.5 Å². The normalized spacial score (nSPS) is 24.1. The van der Waals surface area contributed by atoms with Gasteiger partial charge in [-0.05, 0) is 31.8 Å². The van der Waals surface area contributed by atoms with Crippen LogP contribution in [0, 0.1) is 11.8 Å². The van der Waals surface area contributed by atoms with Crippen molar-refractivity contribution in [2.45, 2.75) is 19.8 Å². The first kappa shape index (κ1) is 11.9. The van der Waals surface area contributed by atoms with E-state index in [4.69, 9.17) is 0 Å². The van der Waals surface area contributed by atoms with E-state index in [0.717, 1.165) is 26.2 Å². The number of carbonyl (C=O) groups excluding carboxylic acids is 1. The highest BCUT2D eigenvalue weighted by molar-refractivity contribution is 5.79. The Hall–Kier alpha value is -0.610. The molecule has 92 valence electrons. The third kappa shape index (κ3) is 3.19. The fourth-order valence-electron chi connectivity index (χ4n) is 2.36. The van der Waals surface area contributed by atoms with E-state index in [1.807, 2.05) is 0 Å². The van der Waals surface area contributed by atoms with Crippen LogP contribution < -0.4 is 10.6 Å². The first-order valence-electron chi connectivity index (χ1n) is 6.46. The van der Waals surface area contributed by atoms with E-state index in [1.165, 1.54) is 25.9 Å². The molecule has 2 N–H and O–H groups in total. The molecule has 1 atom stereocenters. The maximum atomic E-state index is 11.6. The second-order valence-electron chi connectivity index (χ2n) is 5.21. The molecule has 0 radical (unpaired) electrons. The Labute approximate surface area is 97.8 Å². The zero-order chi connectivity index (χ0) is 11.4. The van der Waals surface area contributed by atoms with Gasteiger partial charge in [0, 0.05) is 26.2 Å². The SMILES string of the molecule is CC(CNC(=O)C1CNC1)CN1CCCC1. The lowest BCUT2D eigenvalue weighted by atomic mass is 10.0. The van der Waals surface area contributed by atoms with Gasteiger partial charge in [0.25, 0.3) is 0 Å². The number of nitrogens with zero attached hydrogens (tertiary/aromatic N) is 1. The molecule has 2 aliphatic heterocycles. The highest BCUT2D eigenvalue weighted by atomic mass is 16.2. The van der Waals surface area contributed by atoms with Crippen molar-refractivity contribution < 1.29 is 4.79 Å². The molecular formula is C12H23N3O. The summed E-state index contributed by atoms with van der Waals surface area (Å²) in [6.07, 6.45) is 2.68. The molecule has 2 saturated heterocycles. The molecule has 4 nitrogen and oxygen atoms in total. The van der Waals surface area contributed by atoms with Gasteiger partial charge in [0.05, 0.1) is 5.92 Å². The summed E-state index contributed by atoms with van der Waals surface area (Å²) < 4.78 is 0. The van der Waals surface area contributed by atoms with Crippen LogP contribution in [0.2, 0.25) is 0 Å². The summed E-state index contributed by atoms with van der Waals surface area (Å²) in [6.45, 7) is 8.36. The maximum absolute atomic E-state index is 11.6. The summed E-state index contributed by atoms with van der Waals surface area (Å²) in [4.78, 5) is 14.1. The fourth-order valence-corrected chi connectivity index (χ4v) is 2.36. The topological polar surface area (TPSA) is 44.4 Å². The molecule has 0 aliphatic carbocycles. The summed E-state index contributed by atoms with van der Waals surface area (Å²) in [5.74, 6) is 1.01. The first-order valence-corrected chi connectivity index (χ1v) is 6.46. The molecule has 16 heavy (non-hydrogen) atoms. The van der Waals surface area contributed by atoms with E-state index >= 15 is 0 Å². The van der Waals surface area contributed by atoms with Gasteiger partial charge in [0.15, 0.2) is 0 Å². The number of hydrogen-bond donors (Lipinski definition) is 2. The van der Waals surface area contributed by atoms with Crippen molar-refractivity contribution in [2.24, 2.45) is 11.8 Å². The highest BCUT2D eigenvalue weighted by Gasteiger charge is 2.24. The van der Waals surface area contributed by atoms with Crippen LogP contribution in [0.15, 0.2) is 0 Å². The van der Waals surface area contributed by atoms with Gasteiger partial charge in [-0.3, -0.25) is 4.79 Å². The number of hydrogen-bond acceptors (Lipinski definition) is 3. The minimum absolute atomic E-state index is 0.221. The van der Waals surface area contributed by atoms with Crippen molar-refractivity contribution in [1.82, 2.24) is 15.5 Å². The van der Waals surface area contributed by atoms with Gasteiger partial charge in [-0.2, -0.15) is 0 Å². The molecule has 0 saturated carbocycles. The van der Waals surface area contributed by atoms with Gasteiger partial charge in [-0.15, -0.1) is 0 Å². The fraction of sp³-hybridized carbons (Fsp3) is 0.917. The molecular weight excluding hydrogens is 202 g/mol. The standard InChI is InChI=1S/C12H23N3O/c1-10(9-15-4-2-3-5-15)6-14-12(16)11-7-13-8-11/h10-11,13H,2-9H2,1H3,(H,14,16). The van der Waals surface area contributed by atoms with E-state index in [-0.39, 0.29) is 11.8 Å². The Morgan fingerprint density at radius 3 is 2.69 bits per heavy atom. The summed E-state index contributed by atoms with van der Waals surface area (Å²) in [7, 11) is 0. The summed E-state index contributed by atoms with van der Waals surface area (Å²) in [6, 6.07) is 0. The van der Waals surface area contributed by atoms with Crippen molar-refractivity contribution in [3.05, 3.63) is 0 Å². The van der Waals surface area contributed by atoms with Crippen molar-refractivity contribution in [2.75, 3.05) is 39.3 Å². The summed E-state index contributed by atoms with van der Waals surface area (Å²) >= 11 is 0. The Kier molecular flexibility index (Phi) is 4.18. The van der Waals surface area contributed by atoms with E-state index in [9.17, 15) is 4.79 Å². The second-order valence-corrected chi connectivity index (χ2v) is 5.21. The van der Waals surface area contributed by atoms with Crippen LogP contribution in [0.25, 0.3) is 0 Å². The average Bonchev–Trinajstić information content (AvgIpc) is 2.64. The Balaban J connectivity index is 1.59. The Morgan fingerprint density at radius 2 is 2.12 bits per heavy atom. The van der Waals surface area contributed by atoms with Crippen molar-refractivity contribution in [3.63, 3.8) is 0 Å². The molecule has 1 unspecified atom stereocenters. The third-order valence-electron chi connectivity index (χ3n) is 3.55. The van der Waals surface area contributed by atoms with Gasteiger partial charge >= 0.3 is 0 Å². The lowest BCUT2D eigenvalue weighted by molar-refractivity contribution is -0.126. The van der Waals surface area contributed by atoms with Crippen LogP contribution in [0.5, 0.6) is 0 Å². The zero-order valence-electron chi connectivity index (χ0n) is 10.2. The molecule has 0 aromatic carbocycles. The Morgan fingerprint density at radius 1 is 1.44 bits per heavy atom. The lowest BCUT2D eigenvalue weighted by Crippen LogP contribution is -2.51. The molecule has 0 bridgehead atoms. The number of amides is 1. The van der Waals surface area contributed by atoms with Crippen molar-refractivity contribution in [3.8, 4) is 0 Å². The summed E-state index contributed by atoms with van der Waals surface area (Å²) in [5, 5.41) is 6.17. The molecule has 0 spiro atoms. The monoisotopic (exact) mass is 225 g/mol. The average molecular weight is 225 g/mol. The molecule has 2 fully saturated rings. The van der Waals surface area contributed by atoms with E-state index < -0.39 is 0 Å². The van der Waals surface area contributed by atoms with Crippen molar-refractivity contribution >= 4 is 5.91 Å². The minimum Gasteiger partial charge on any atom is -0.355 e. The molecule has 2 heterocycles. The first-order chi connectivity index (χ1) is 7.75. The largest absolute Gasteiger partial charge is 0.355 e. The number of rotatable bonds is 5. The smallest absolute Gasteiger partial charge is 0.225 e. The Bertz CT molecular complexity index is 234. The van der Waals surface area contributed by atoms with Crippen LogP contribution in [-0.2, 0) is 4.79 Å². The van der Waals surface area contributed by atoms with Crippen LogP contribution >= 0.6 is 0 Å². The number of likely N-dealkylation sites (tertiary alicyclic amines) is 1. The minimum atomic E-state index is 0.221. The van der Waals surface area contributed by atoms with Gasteiger partial charge in [0.1, 0.15) is 0 Å². The van der Waals surface area contributed by atoms with Crippen LogP contribution in [0.3, 0.4) is 0 Å². The molecule has 0 aromatic rings. The molecule has 2 rings (SSSR count). The molecule has 0 aromatic heterocycles. The van der Waals surface area contributed by atoms with E-state index in [0.29, 0.717) is 5.92 Å². The quantitative estimate of drug-likeness (QED) is 0.695. The van der Waals surface area contributed by atoms with E-state index in [1.54, 1.807) is 0 Å². The second kappa shape index (κ2) is 5.64. The third-order valence-corrected chi connectivity index (χ3v) is 3.55.